The fourth-order valence-corrected chi connectivity index (χ4v) is 1.88. The molecule has 0 spiro atoms. The molecule has 96 valence electrons. The van der Waals surface area contributed by atoms with Crippen LogP contribution in [0.15, 0.2) is 27.4 Å². The molecule has 0 aliphatic rings. The molecule has 0 fully saturated rings. The molecule has 3 N–H and O–H groups in total. The molecule has 2 aromatic rings. The highest BCUT2D eigenvalue weighted by atomic mass is 16.4. The Morgan fingerprint density at radius 2 is 2.28 bits per heavy atom. The third-order valence-electron chi connectivity index (χ3n) is 2.82. The van der Waals surface area contributed by atoms with Crippen LogP contribution in [0.5, 0.6) is 0 Å². The highest BCUT2D eigenvalue weighted by Gasteiger charge is 2.14. The van der Waals surface area contributed by atoms with Gasteiger partial charge in [0.1, 0.15) is 6.04 Å². The van der Waals surface area contributed by atoms with E-state index in [0.29, 0.717) is 17.6 Å². The van der Waals surface area contributed by atoms with Gasteiger partial charge >= 0.3 is 11.7 Å². The second-order valence-electron chi connectivity index (χ2n) is 4.06. The Balaban J connectivity index is 2.43. The first kappa shape index (κ1) is 12.4. The van der Waals surface area contributed by atoms with E-state index in [1.54, 1.807) is 18.2 Å². The van der Waals surface area contributed by atoms with Gasteiger partial charge in [-0.15, -0.1) is 0 Å². The molecule has 1 atom stereocenters. The van der Waals surface area contributed by atoms with Gasteiger partial charge < -0.3 is 15.3 Å². The maximum atomic E-state index is 11.5. The van der Waals surface area contributed by atoms with Crippen molar-refractivity contribution in [2.24, 2.45) is 5.73 Å². The molecule has 0 saturated heterocycles. The molecule has 18 heavy (non-hydrogen) atoms. The molecule has 6 heteroatoms. The van der Waals surface area contributed by atoms with E-state index in [1.165, 1.54) is 4.57 Å². The quantitative estimate of drug-likeness (QED) is 0.826. The lowest BCUT2D eigenvalue weighted by atomic mass is 10.1. The van der Waals surface area contributed by atoms with Crippen LogP contribution < -0.4 is 11.5 Å². The molecule has 1 aromatic carbocycles. The van der Waals surface area contributed by atoms with Gasteiger partial charge in [0.25, 0.3) is 0 Å². The zero-order valence-corrected chi connectivity index (χ0v) is 9.92. The van der Waals surface area contributed by atoms with Crippen LogP contribution in [-0.4, -0.2) is 21.7 Å². The summed E-state index contributed by atoms with van der Waals surface area (Å²) in [4.78, 5) is 22.2. The number of oxazole rings is 1. The smallest absolute Gasteiger partial charge is 0.419 e. The monoisotopic (exact) mass is 250 g/mol. The minimum absolute atomic E-state index is 0.217. The summed E-state index contributed by atoms with van der Waals surface area (Å²) in [5.74, 6) is -1.46. The molecule has 0 amide bonds. The first-order chi connectivity index (χ1) is 8.52. The van der Waals surface area contributed by atoms with Crippen molar-refractivity contribution >= 4 is 17.1 Å². The number of carboxylic acid groups (broad SMARTS) is 1. The van der Waals surface area contributed by atoms with Gasteiger partial charge in [-0.3, -0.25) is 9.36 Å². The summed E-state index contributed by atoms with van der Waals surface area (Å²) in [5, 5.41) is 8.76. The van der Waals surface area contributed by atoms with Crippen molar-refractivity contribution in [2.75, 3.05) is 0 Å². The molecule has 1 heterocycles. The zero-order valence-electron chi connectivity index (χ0n) is 9.92. The molecule has 0 aliphatic carbocycles. The van der Waals surface area contributed by atoms with Crippen LogP contribution in [0, 0.1) is 0 Å². The summed E-state index contributed by atoms with van der Waals surface area (Å²) in [6.45, 7) is 2.34. The molecular weight excluding hydrogens is 236 g/mol. The van der Waals surface area contributed by atoms with Crippen molar-refractivity contribution in [1.29, 1.82) is 0 Å². The van der Waals surface area contributed by atoms with Gasteiger partial charge in [-0.2, -0.15) is 0 Å². The summed E-state index contributed by atoms with van der Waals surface area (Å²) in [6, 6.07) is 4.17. The number of fused-ring (bicyclic) bond motifs is 1. The summed E-state index contributed by atoms with van der Waals surface area (Å²) in [7, 11) is 0. The number of aryl methyl sites for hydroxylation is 1. The van der Waals surface area contributed by atoms with E-state index >= 15 is 0 Å². The average molecular weight is 250 g/mol. The molecule has 1 aromatic heterocycles. The molecule has 0 radical (unpaired) electrons. The Morgan fingerprint density at radius 1 is 1.56 bits per heavy atom. The number of nitrogens with zero attached hydrogens (tertiary/aromatic N) is 1. The van der Waals surface area contributed by atoms with E-state index in [2.05, 4.69) is 0 Å². The predicted octanol–water partition coefficient (Wildman–Crippen LogP) is 0.569. The van der Waals surface area contributed by atoms with Crippen molar-refractivity contribution in [3.05, 3.63) is 34.3 Å². The van der Waals surface area contributed by atoms with Crippen LogP contribution >= 0.6 is 0 Å². The van der Waals surface area contributed by atoms with E-state index in [-0.39, 0.29) is 6.42 Å². The molecular formula is C12H14N2O4. The SMILES string of the molecule is CCn1c(=O)oc2ccc(CC(N)C(=O)O)cc21. The maximum Gasteiger partial charge on any atom is 0.419 e. The van der Waals surface area contributed by atoms with Gasteiger partial charge in [0.15, 0.2) is 5.58 Å². The molecule has 0 saturated carbocycles. The normalized spacial score (nSPS) is 12.8. The van der Waals surface area contributed by atoms with E-state index in [9.17, 15) is 9.59 Å². The highest BCUT2D eigenvalue weighted by molar-refractivity contribution is 5.76. The fourth-order valence-electron chi connectivity index (χ4n) is 1.88. The van der Waals surface area contributed by atoms with E-state index in [1.807, 2.05) is 6.92 Å². The van der Waals surface area contributed by atoms with Crippen LogP contribution in [0.2, 0.25) is 0 Å². The molecule has 0 aliphatic heterocycles. The zero-order chi connectivity index (χ0) is 13.3. The maximum absolute atomic E-state index is 11.5. The minimum Gasteiger partial charge on any atom is -0.480 e. The van der Waals surface area contributed by atoms with Crippen molar-refractivity contribution in [2.45, 2.75) is 25.9 Å². The second-order valence-corrected chi connectivity index (χ2v) is 4.06. The topological polar surface area (TPSA) is 98.5 Å². The van der Waals surface area contributed by atoms with Crippen LogP contribution in [-0.2, 0) is 17.8 Å². The number of carbonyl (C=O) groups is 1. The first-order valence-electron chi connectivity index (χ1n) is 5.63. The number of carboxylic acids is 1. The lowest BCUT2D eigenvalue weighted by molar-refractivity contribution is -0.138. The minimum atomic E-state index is -1.05. The van der Waals surface area contributed by atoms with Crippen molar-refractivity contribution in [3.8, 4) is 0 Å². The highest BCUT2D eigenvalue weighted by Crippen LogP contribution is 2.16. The van der Waals surface area contributed by atoms with E-state index < -0.39 is 17.8 Å². The number of aliphatic carboxylic acids is 1. The number of aromatic nitrogens is 1. The van der Waals surface area contributed by atoms with Gasteiger partial charge in [0.2, 0.25) is 0 Å². The van der Waals surface area contributed by atoms with Crippen LogP contribution in [0.1, 0.15) is 12.5 Å². The third kappa shape index (κ3) is 2.14. The summed E-state index contributed by atoms with van der Waals surface area (Å²) in [5.41, 5.74) is 7.40. The Hall–Kier alpha value is -2.08. The van der Waals surface area contributed by atoms with Crippen molar-refractivity contribution in [3.63, 3.8) is 0 Å². The van der Waals surface area contributed by atoms with Gasteiger partial charge in [0.05, 0.1) is 5.52 Å². The predicted molar refractivity (Wildman–Crippen MR) is 65.5 cm³/mol. The van der Waals surface area contributed by atoms with Crippen LogP contribution in [0.4, 0.5) is 0 Å². The molecule has 1 unspecified atom stereocenters. The summed E-state index contributed by atoms with van der Waals surface area (Å²) >= 11 is 0. The largest absolute Gasteiger partial charge is 0.480 e. The second kappa shape index (κ2) is 4.66. The van der Waals surface area contributed by atoms with E-state index in [0.717, 1.165) is 5.56 Å². The number of hydrogen-bond acceptors (Lipinski definition) is 4. The molecule has 2 rings (SSSR count). The van der Waals surface area contributed by atoms with E-state index in [4.69, 9.17) is 15.3 Å². The van der Waals surface area contributed by atoms with Crippen molar-refractivity contribution in [1.82, 2.24) is 4.57 Å². The third-order valence-corrected chi connectivity index (χ3v) is 2.82. The first-order valence-corrected chi connectivity index (χ1v) is 5.63. The van der Waals surface area contributed by atoms with Gasteiger partial charge in [0, 0.05) is 6.54 Å². The van der Waals surface area contributed by atoms with Crippen LogP contribution in [0.3, 0.4) is 0 Å². The Labute approximate surface area is 103 Å². The van der Waals surface area contributed by atoms with Crippen molar-refractivity contribution < 1.29 is 14.3 Å². The summed E-state index contributed by atoms with van der Waals surface area (Å²) < 4.78 is 6.55. The van der Waals surface area contributed by atoms with Gasteiger partial charge in [-0.25, -0.2) is 4.79 Å². The lowest BCUT2D eigenvalue weighted by Gasteiger charge is -2.06. The Bertz CT molecular complexity index is 641. The summed E-state index contributed by atoms with van der Waals surface area (Å²) in [6.07, 6.45) is 0.217. The number of nitrogens with two attached hydrogens (primary N) is 1. The molecule has 0 bridgehead atoms. The van der Waals surface area contributed by atoms with Crippen LogP contribution in [0.25, 0.3) is 11.1 Å². The standard InChI is InChI=1S/C12H14N2O4/c1-2-14-9-6-7(5-8(13)11(15)16)3-4-10(9)18-12(14)17/h3-4,6,8H,2,5,13H2,1H3,(H,15,16). The number of benzene rings is 1. The average Bonchev–Trinajstić information content (AvgIpc) is 2.63. The lowest BCUT2D eigenvalue weighted by Crippen LogP contribution is -2.32. The Kier molecular flexibility index (Phi) is 3.20. The fraction of sp³-hybridized carbons (Fsp3) is 0.333. The number of hydrogen-bond donors (Lipinski definition) is 2. The van der Waals surface area contributed by atoms with Gasteiger partial charge in [-0.1, -0.05) is 6.07 Å². The number of rotatable bonds is 4. The molecule has 6 nitrogen and oxygen atoms in total. The Morgan fingerprint density at radius 3 is 2.89 bits per heavy atom. The van der Waals surface area contributed by atoms with Gasteiger partial charge in [-0.05, 0) is 31.0 Å².